The molecule has 0 saturated carbocycles. The van der Waals surface area contributed by atoms with Crippen molar-refractivity contribution in [3.8, 4) is 0 Å². The van der Waals surface area contributed by atoms with Crippen LogP contribution in [-0.4, -0.2) is 19.1 Å². The first-order valence-corrected chi connectivity index (χ1v) is 7.28. The Kier molecular flexibility index (Phi) is 5.75. The highest BCUT2D eigenvalue weighted by Crippen LogP contribution is 2.34. The van der Waals surface area contributed by atoms with Gasteiger partial charge < -0.3 is 10.5 Å². The van der Waals surface area contributed by atoms with Crippen molar-refractivity contribution in [2.24, 2.45) is 11.1 Å². The monoisotopic (exact) mass is 277 g/mol. The van der Waals surface area contributed by atoms with Crippen LogP contribution in [0.3, 0.4) is 0 Å². The number of ether oxygens (including phenoxy) is 1. The van der Waals surface area contributed by atoms with Gasteiger partial charge in [0.2, 0.25) is 0 Å². The third-order valence-corrected chi connectivity index (χ3v) is 3.64. The Morgan fingerprint density at radius 2 is 1.75 bits per heavy atom. The maximum atomic E-state index is 12.5. The molecule has 2 N–H and O–H groups in total. The first-order valence-electron chi connectivity index (χ1n) is 7.28. The van der Waals surface area contributed by atoms with Crippen LogP contribution in [0.1, 0.15) is 46.1 Å². The van der Waals surface area contributed by atoms with Crippen LogP contribution >= 0.6 is 0 Å². The van der Waals surface area contributed by atoms with Gasteiger partial charge >= 0.3 is 5.97 Å². The van der Waals surface area contributed by atoms with Crippen molar-refractivity contribution >= 4 is 5.97 Å². The molecule has 0 aliphatic rings. The summed E-state index contributed by atoms with van der Waals surface area (Å²) in [4.78, 5) is 12.5. The molecule has 0 saturated heterocycles. The summed E-state index contributed by atoms with van der Waals surface area (Å²) in [5.41, 5.74) is 6.37. The van der Waals surface area contributed by atoms with E-state index >= 15 is 0 Å². The summed E-state index contributed by atoms with van der Waals surface area (Å²) in [6.45, 7) is 8.99. The molecule has 20 heavy (non-hydrogen) atoms. The molecule has 0 aliphatic carbocycles. The van der Waals surface area contributed by atoms with Crippen molar-refractivity contribution in [2.45, 2.75) is 46.0 Å². The third-order valence-electron chi connectivity index (χ3n) is 3.64. The lowest BCUT2D eigenvalue weighted by Crippen LogP contribution is -2.45. The fourth-order valence-electron chi connectivity index (χ4n) is 2.28. The predicted octanol–water partition coefficient (Wildman–Crippen LogP) is 3.27. The molecule has 1 unspecified atom stereocenters. The summed E-state index contributed by atoms with van der Waals surface area (Å²) >= 11 is 0. The Labute approximate surface area is 122 Å². The Balaban J connectivity index is 3.13. The first kappa shape index (κ1) is 16.7. The molecule has 0 spiro atoms. The molecule has 1 rings (SSSR count). The van der Waals surface area contributed by atoms with Crippen LogP contribution in [0, 0.1) is 5.41 Å². The second-order valence-corrected chi connectivity index (χ2v) is 6.43. The van der Waals surface area contributed by atoms with Gasteiger partial charge in [0.1, 0.15) is 5.41 Å². The maximum Gasteiger partial charge on any atom is 0.317 e. The number of carbonyl (C=O) groups excluding carboxylic acids is 1. The van der Waals surface area contributed by atoms with E-state index in [0.29, 0.717) is 13.0 Å². The smallest absolute Gasteiger partial charge is 0.317 e. The van der Waals surface area contributed by atoms with E-state index in [9.17, 15) is 4.79 Å². The van der Waals surface area contributed by atoms with E-state index in [4.69, 9.17) is 10.5 Å². The molecular weight excluding hydrogens is 250 g/mol. The van der Waals surface area contributed by atoms with E-state index < -0.39 is 5.41 Å². The minimum absolute atomic E-state index is 0.154. The summed E-state index contributed by atoms with van der Waals surface area (Å²) in [7, 11) is 0. The van der Waals surface area contributed by atoms with Gasteiger partial charge in [-0.15, -0.1) is 0 Å². The quantitative estimate of drug-likeness (QED) is 0.812. The molecule has 0 heterocycles. The summed E-state index contributed by atoms with van der Waals surface area (Å²) in [6.07, 6.45) is 1.62. The van der Waals surface area contributed by atoms with Crippen LogP contribution in [-0.2, 0) is 14.9 Å². The Hall–Kier alpha value is -1.35. The van der Waals surface area contributed by atoms with Crippen molar-refractivity contribution in [3.63, 3.8) is 0 Å². The molecule has 0 aromatic heterocycles. The van der Waals surface area contributed by atoms with Gasteiger partial charge in [-0.1, -0.05) is 51.1 Å². The normalized spacial score (nSPS) is 14.7. The minimum Gasteiger partial charge on any atom is -0.465 e. The van der Waals surface area contributed by atoms with Gasteiger partial charge in [-0.3, -0.25) is 4.79 Å². The highest BCUT2D eigenvalue weighted by atomic mass is 16.5. The number of benzene rings is 1. The number of hydrogen-bond donors (Lipinski definition) is 1. The van der Waals surface area contributed by atoms with Crippen LogP contribution < -0.4 is 5.73 Å². The molecule has 1 atom stereocenters. The fraction of sp³-hybridized carbons (Fsp3) is 0.588. The molecule has 112 valence electrons. The first-order chi connectivity index (χ1) is 9.35. The van der Waals surface area contributed by atoms with Crippen LogP contribution in [0.5, 0.6) is 0 Å². The van der Waals surface area contributed by atoms with Crippen molar-refractivity contribution in [1.82, 2.24) is 0 Å². The van der Waals surface area contributed by atoms with Gasteiger partial charge in [-0.25, -0.2) is 0 Å². The molecular formula is C17H27NO2. The maximum absolute atomic E-state index is 12.5. The molecule has 0 radical (unpaired) electrons. The van der Waals surface area contributed by atoms with Gasteiger partial charge in [-0.05, 0) is 30.7 Å². The third kappa shape index (κ3) is 4.07. The molecule has 0 amide bonds. The number of esters is 1. The Morgan fingerprint density at radius 1 is 1.15 bits per heavy atom. The second kappa shape index (κ2) is 6.89. The molecule has 0 aliphatic heterocycles. The zero-order valence-corrected chi connectivity index (χ0v) is 13.1. The standard InChI is InChI=1S/C17H27NO2/c1-5-20-15(19)17(13-18,12-11-16(2,3)4)14-9-7-6-8-10-14/h6-10H,5,11-13,18H2,1-4H3. The number of hydrogen-bond acceptors (Lipinski definition) is 3. The summed E-state index contributed by atoms with van der Waals surface area (Å²) in [6, 6.07) is 9.75. The number of carbonyl (C=O) groups is 1. The van der Waals surface area contributed by atoms with E-state index in [0.717, 1.165) is 12.0 Å². The molecule has 0 bridgehead atoms. The molecule has 1 aromatic carbocycles. The fourth-order valence-corrected chi connectivity index (χ4v) is 2.28. The molecule has 3 nitrogen and oxygen atoms in total. The average molecular weight is 277 g/mol. The highest BCUT2D eigenvalue weighted by molar-refractivity contribution is 5.83. The van der Waals surface area contributed by atoms with Crippen molar-refractivity contribution < 1.29 is 9.53 Å². The topological polar surface area (TPSA) is 52.3 Å². The average Bonchev–Trinajstić information content (AvgIpc) is 2.40. The molecule has 0 fully saturated rings. The van der Waals surface area contributed by atoms with Gasteiger partial charge in [0.25, 0.3) is 0 Å². The lowest BCUT2D eigenvalue weighted by molar-refractivity contribution is -0.150. The minimum atomic E-state index is -0.732. The molecule has 1 aromatic rings. The van der Waals surface area contributed by atoms with E-state index in [1.54, 1.807) is 0 Å². The van der Waals surface area contributed by atoms with E-state index in [2.05, 4.69) is 20.8 Å². The van der Waals surface area contributed by atoms with Gasteiger partial charge in [0.05, 0.1) is 6.61 Å². The second-order valence-electron chi connectivity index (χ2n) is 6.43. The Morgan fingerprint density at radius 3 is 2.20 bits per heavy atom. The predicted molar refractivity (Wildman–Crippen MR) is 82.5 cm³/mol. The van der Waals surface area contributed by atoms with E-state index in [1.807, 2.05) is 37.3 Å². The summed E-state index contributed by atoms with van der Waals surface area (Å²) in [5.74, 6) is -0.210. The van der Waals surface area contributed by atoms with Crippen molar-refractivity contribution in [3.05, 3.63) is 35.9 Å². The largest absolute Gasteiger partial charge is 0.465 e. The lowest BCUT2D eigenvalue weighted by atomic mass is 9.73. The number of nitrogens with two attached hydrogens (primary N) is 1. The van der Waals surface area contributed by atoms with E-state index in [-0.39, 0.29) is 17.9 Å². The Bertz CT molecular complexity index is 422. The zero-order chi connectivity index (χ0) is 15.2. The van der Waals surface area contributed by atoms with Crippen LogP contribution in [0.25, 0.3) is 0 Å². The summed E-state index contributed by atoms with van der Waals surface area (Å²) in [5, 5.41) is 0. The molecule has 3 heteroatoms. The van der Waals surface area contributed by atoms with Crippen molar-refractivity contribution in [2.75, 3.05) is 13.2 Å². The number of rotatable bonds is 6. The van der Waals surface area contributed by atoms with E-state index in [1.165, 1.54) is 0 Å². The van der Waals surface area contributed by atoms with Gasteiger partial charge in [0, 0.05) is 6.54 Å². The summed E-state index contributed by atoms with van der Waals surface area (Å²) < 4.78 is 5.30. The van der Waals surface area contributed by atoms with Crippen molar-refractivity contribution in [1.29, 1.82) is 0 Å². The van der Waals surface area contributed by atoms with Crippen LogP contribution in [0.2, 0.25) is 0 Å². The lowest BCUT2D eigenvalue weighted by Gasteiger charge is -2.33. The van der Waals surface area contributed by atoms with Crippen LogP contribution in [0.15, 0.2) is 30.3 Å². The SMILES string of the molecule is CCOC(=O)C(CN)(CCC(C)(C)C)c1ccccc1. The van der Waals surface area contributed by atoms with Gasteiger partial charge in [-0.2, -0.15) is 0 Å². The highest BCUT2D eigenvalue weighted by Gasteiger charge is 2.40. The van der Waals surface area contributed by atoms with Gasteiger partial charge in [0.15, 0.2) is 0 Å². The van der Waals surface area contributed by atoms with Crippen LogP contribution in [0.4, 0.5) is 0 Å². The zero-order valence-electron chi connectivity index (χ0n) is 13.1.